The number of likely N-dealkylation sites (N-methyl/N-ethyl adjacent to an activating group) is 1. The van der Waals surface area contributed by atoms with Crippen molar-refractivity contribution in [3.05, 3.63) is 76.7 Å². The SMILES string of the molecule is CCOC(=O)C1=C(COc2ccc(C(C)=O)cc2)N(CC)C(=O)N[C@@H]1c1ccccc1F. The molecule has 1 heterocycles. The highest BCUT2D eigenvalue weighted by Crippen LogP contribution is 2.33. The van der Waals surface area contributed by atoms with Crippen molar-refractivity contribution in [2.45, 2.75) is 26.8 Å². The molecule has 0 spiro atoms. The molecule has 2 aromatic rings. The summed E-state index contributed by atoms with van der Waals surface area (Å²) >= 11 is 0. The molecule has 0 saturated carbocycles. The van der Waals surface area contributed by atoms with E-state index in [0.29, 0.717) is 17.0 Å². The lowest BCUT2D eigenvalue weighted by Crippen LogP contribution is -2.49. The predicted octanol–water partition coefficient (Wildman–Crippen LogP) is 4.01. The molecule has 1 aliphatic heterocycles. The maximum Gasteiger partial charge on any atom is 0.338 e. The van der Waals surface area contributed by atoms with Crippen molar-refractivity contribution in [3.63, 3.8) is 0 Å². The van der Waals surface area contributed by atoms with E-state index in [-0.39, 0.29) is 36.7 Å². The van der Waals surface area contributed by atoms with E-state index in [4.69, 9.17) is 9.47 Å². The average molecular weight is 440 g/mol. The first-order valence-electron chi connectivity index (χ1n) is 10.3. The van der Waals surface area contributed by atoms with Gasteiger partial charge in [-0.25, -0.2) is 14.0 Å². The van der Waals surface area contributed by atoms with Crippen LogP contribution in [0.5, 0.6) is 5.75 Å². The summed E-state index contributed by atoms with van der Waals surface area (Å²) in [5.41, 5.74) is 1.09. The van der Waals surface area contributed by atoms with Crippen molar-refractivity contribution in [1.29, 1.82) is 0 Å². The van der Waals surface area contributed by atoms with Crippen molar-refractivity contribution < 1.29 is 28.2 Å². The molecular weight excluding hydrogens is 415 g/mol. The zero-order chi connectivity index (χ0) is 23.3. The number of nitrogens with zero attached hydrogens (tertiary/aromatic N) is 1. The molecule has 0 saturated heterocycles. The van der Waals surface area contributed by atoms with Gasteiger partial charge in [0.1, 0.15) is 18.2 Å². The molecular formula is C24H25FN2O5. The van der Waals surface area contributed by atoms with Gasteiger partial charge in [0, 0.05) is 17.7 Å². The molecule has 8 heteroatoms. The molecule has 168 valence electrons. The van der Waals surface area contributed by atoms with E-state index in [1.807, 2.05) is 0 Å². The van der Waals surface area contributed by atoms with Crippen LogP contribution in [0.2, 0.25) is 0 Å². The van der Waals surface area contributed by atoms with Gasteiger partial charge in [-0.2, -0.15) is 0 Å². The third kappa shape index (κ3) is 4.80. The number of carbonyl (C=O) groups excluding carboxylic acids is 3. The van der Waals surface area contributed by atoms with Gasteiger partial charge in [-0.15, -0.1) is 0 Å². The molecule has 0 aromatic heterocycles. The fraction of sp³-hybridized carbons (Fsp3) is 0.292. The number of esters is 1. The van der Waals surface area contributed by atoms with E-state index >= 15 is 0 Å². The minimum atomic E-state index is -1.02. The highest BCUT2D eigenvalue weighted by Gasteiger charge is 2.39. The molecule has 0 fully saturated rings. The minimum Gasteiger partial charge on any atom is -0.487 e. The van der Waals surface area contributed by atoms with E-state index in [9.17, 15) is 18.8 Å². The topological polar surface area (TPSA) is 84.9 Å². The zero-order valence-electron chi connectivity index (χ0n) is 18.2. The third-order valence-electron chi connectivity index (χ3n) is 5.10. The Bertz CT molecular complexity index is 1050. The van der Waals surface area contributed by atoms with Gasteiger partial charge in [0.25, 0.3) is 0 Å². The number of nitrogens with one attached hydrogen (secondary N) is 1. The lowest BCUT2D eigenvalue weighted by Gasteiger charge is -2.36. The highest BCUT2D eigenvalue weighted by molar-refractivity contribution is 5.95. The van der Waals surface area contributed by atoms with E-state index in [0.717, 1.165) is 0 Å². The first kappa shape index (κ1) is 23.0. The maximum atomic E-state index is 14.6. The number of ketones is 1. The van der Waals surface area contributed by atoms with Crippen LogP contribution in [0.3, 0.4) is 0 Å². The second-order valence-electron chi connectivity index (χ2n) is 7.10. The number of urea groups is 1. The Morgan fingerprint density at radius 2 is 1.78 bits per heavy atom. The summed E-state index contributed by atoms with van der Waals surface area (Å²) in [4.78, 5) is 38.6. The Hall–Kier alpha value is -3.68. The number of benzene rings is 2. The first-order valence-corrected chi connectivity index (χ1v) is 10.3. The number of hydrogen-bond acceptors (Lipinski definition) is 5. The number of Topliss-reactive ketones (excluding diaryl/α,β-unsaturated/α-hetero) is 1. The Balaban J connectivity index is 2.04. The molecule has 0 bridgehead atoms. The number of halogens is 1. The van der Waals surface area contributed by atoms with E-state index in [2.05, 4.69) is 5.32 Å². The van der Waals surface area contributed by atoms with Crippen LogP contribution in [0.1, 0.15) is 42.7 Å². The monoisotopic (exact) mass is 440 g/mol. The number of ether oxygens (including phenoxy) is 2. The van der Waals surface area contributed by atoms with Crippen LogP contribution in [0.15, 0.2) is 59.8 Å². The molecule has 1 N–H and O–H groups in total. The minimum absolute atomic E-state index is 0.0716. The van der Waals surface area contributed by atoms with Gasteiger partial charge in [0.2, 0.25) is 0 Å². The molecule has 0 aliphatic carbocycles. The van der Waals surface area contributed by atoms with Gasteiger partial charge in [0.05, 0.1) is 23.9 Å². The van der Waals surface area contributed by atoms with Crippen molar-refractivity contribution in [3.8, 4) is 5.75 Å². The summed E-state index contributed by atoms with van der Waals surface area (Å²) in [5, 5.41) is 2.71. The normalized spacial score (nSPS) is 15.9. The molecule has 0 unspecified atom stereocenters. The summed E-state index contributed by atoms with van der Waals surface area (Å²) in [6, 6.07) is 11.0. The third-order valence-corrected chi connectivity index (χ3v) is 5.10. The maximum absolute atomic E-state index is 14.6. The summed E-state index contributed by atoms with van der Waals surface area (Å²) in [6.45, 7) is 5.15. The van der Waals surface area contributed by atoms with Gasteiger partial charge in [-0.3, -0.25) is 9.69 Å². The fourth-order valence-electron chi connectivity index (χ4n) is 3.52. The van der Waals surface area contributed by atoms with Gasteiger partial charge in [-0.1, -0.05) is 18.2 Å². The molecule has 7 nitrogen and oxygen atoms in total. The van der Waals surface area contributed by atoms with Crippen LogP contribution in [-0.4, -0.2) is 42.4 Å². The smallest absolute Gasteiger partial charge is 0.338 e. The lowest BCUT2D eigenvalue weighted by molar-refractivity contribution is -0.139. The lowest BCUT2D eigenvalue weighted by atomic mass is 9.94. The molecule has 2 aromatic carbocycles. The predicted molar refractivity (Wildman–Crippen MR) is 116 cm³/mol. The largest absolute Gasteiger partial charge is 0.487 e. The van der Waals surface area contributed by atoms with Crippen LogP contribution < -0.4 is 10.1 Å². The van der Waals surface area contributed by atoms with E-state index in [1.54, 1.807) is 44.2 Å². The van der Waals surface area contributed by atoms with Crippen molar-refractivity contribution in [2.75, 3.05) is 19.8 Å². The van der Waals surface area contributed by atoms with Gasteiger partial charge in [-0.05, 0) is 51.1 Å². The molecule has 0 radical (unpaired) electrons. The van der Waals surface area contributed by atoms with Crippen LogP contribution in [0, 0.1) is 5.82 Å². The molecule has 1 atom stereocenters. The summed E-state index contributed by atoms with van der Waals surface area (Å²) in [5.74, 6) is -0.831. The van der Waals surface area contributed by atoms with E-state index < -0.39 is 23.9 Å². The molecule has 1 aliphatic rings. The van der Waals surface area contributed by atoms with Crippen LogP contribution >= 0.6 is 0 Å². The van der Waals surface area contributed by atoms with Gasteiger partial charge >= 0.3 is 12.0 Å². The van der Waals surface area contributed by atoms with E-state index in [1.165, 1.54) is 30.0 Å². The fourth-order valence-corrected chi connectivity index (χ4v) is 3.52. The van der Waals surface area contributed by atoms with Crippen molar-refractivity contribution in [2.24, 2.45) is 0 Å². The summed E-state index contributed by atoms with van der Waals surface area (Å²) in [7, 11) is 0. The van der Waals surface area contributed by atoms with Gasteiger partial charge in [0.15, 0.2) is 5.78 Å². The second kappa shape index (κ2) is 10.1. The van der Waals surface area contributed by atoms with Crippen molar-refractivity contribution >= 4 is 17.8 Å². The number of rotatable bonds is 8. The quantitative estimate of drug-likeness (QED) is 0.495. The Labute approximate surface area is 185 Å². The van der Waals surface area contributed by atoms with Gasteiger partial charge < -0.3 is 14.8 Å². The average Bonchev–Trinajstić information content (AvgIpc) is 2.78. The standard InChI is InChI=1S/C24H25FN2O5/c1-4-27-20(14-32-17-12-10-16(11-13-17)15(3)28)21(23(29)31-5-2)22(26-24(27)30)18-8-6-7-9-19(18)25/h6-13,22H,4-5,14H2,1-3H3,(H,26,30)/t22-/m1/s1. The Morgan fingerprint density at radius 3 is 2.38 bits per heavy atom. The highest BCUT2D eigenvalue weighted by atomic mass is 19.1. The first-order chi connectivity index (χ1) is 15.4. The number of amides is 2. The summed E-state index contributed by atoms with van der Waals surface area (Å²) < 4.78 is 25.7. The molecule has 32 heavy (non-hydrogen) atoms. The Kier molecular flexibility index (Phi) is 7.25. The molecule has 2 amide bonds. The van der Waals surface area contributed by atoms with Crippen molar-refractivity contribution in [1.82, 2.24) is 10.2 Å². The number of hydrogen-bond donors (Lipinski definition) is 1. The Morgan fingerprint density at radius 1 is 1.09 bits per heavy atom. The zero-order valence-corrected chi connectivity index (χ0v) is 18.2. The second-order valence-corrected chi connectivity index (χ2v) is 7.10. The van der Waals surface area contributed by atoms with Crippen LogP contribution in [0.25, 0.3) is 0 Å². The number of carbonyl (C=O) groups is 3. The summed E-state index contributed by atoms with van der Waals surface area (Å²) in [6.07, 6.45) is 0. The van der Waals surface area contributed by atoms with Crippen LogP contribution in [-0.2, 0) is 9.53 Å². The molecule has 3 rings (SSSR count). The van der Waals surface area contributed by atoms with Crippen LogP contribution in [0.4, 0.5) is 9.18 Å².